The van der Waals surface area contributed by atoms with Gasteiger partial charge in [-0.15, -0.1) is 0 Å². The number of nitrogens with one attached hydrogen (secondary N) is 1. The van der Waals surface area contributed by atoms with E-state index in [2.05, 4.69) is 12.2 Å². The van der Waals surface area contributed by atoms with E-state index in [1.54, 1.807) is 4.90 Å². The summed E-state index contributed by atoms with van der Waals surface area (Å²) < 4.78 is 0. The van der Waals surface area contributed by atoms with E-state index in [0.29, 0.717) is 12.3 Å². The van der Waals surface area contributed by atoms with Gasteiger partial charge in [-0.05, 0) is 37.3 Å². The third-order valence-corrected chi connectivity index (χ3v) is 4.93. The van der Waals surface area contributed by atoms with Crippen molar-refractivity contribution < 1.29 is 9.59 Å². The molecule has 0 saturated carbocycles. The number of para-hydroxylation sites is 2. The Morgan fingerprint density at radius 2 is 1.96 bits per heavy atom. The van der Waals surface area contributed by atoms with Gasteiger partial charge in [0.2, 0.25) is 11.8 Å². The van der Waals surface area contributed by atoms with Crippen LogP contribution in [0, 0.1) is 5.92 Å². The van der Waals surface area contributed by atoms with Gasteiger partial charge >= 0.3 is 0 Å². The monoisotopic (exact) mass is 315 g/mol. The van der Waals surface area contributed by atoms with Gasteiger partial charge in [0, 0.05) is 13.1 Å². The first-order valence-corrected chi connectivity index (χ1v) is 8.55. The minimum Gasteiger partial charge on any atom is -0.372 e. The number of hydrogen-bond acceptors (Lipinski definition) is 3. The predicted molar refractivity (Wildman–Crippen MR) is 91.5 cm³/mol. The van der Waals surface area contributed by atoms with Gasteiger partial charge in [0.25, 0.3) is 0 Å². The van der Waals surface area contributed by atoms with E-state index in [4.69, 9.17) is 0 Å². The molecule has 0 aromatic heterocycles. The van der Waals surface area contributed by atoms with Crippen LogP contribution in [-0.4, -0.2) is 42.4 Å². The van der Waals surface area contributed by atoms with E-state index in [-0.39, 0.29) is 24.4 Å². The molecule has 2 aliphatic heterocycles. The number of anilines is 2. The van der Waals surface area contributed by atoms with Crippen molar-refractivity contribution in [2.24, 2.45) is 5.92 Å². The fourth-order valence-electron chi connectivity index (χ4n) is 3.32. The molecule has 1 fully saturated rings. The molecule has 0 radical (unpaired) electrons. The van der Waals surface area contributed by atoms with E-state index in [1.807, 2.05) is 36.1 Å². The lowest BCUT2D eigenvalue weighted by Gasteiger charge is -2.37. The van der Waals surface area contributed by atoms with Crippen molar-refractivity contribution in [3.05, 3.63) is 24.3 Å². The number of fused-ring (bicyclic) bond motifs is 1. The number of hydrogen-bond donors (Lipinski definition) is 1. The third kappa shape index (κ3) is 3.19. The van der Waals surface area contributed by atoms with E-state index in [0.717, 1.165) is 37.3 Å². The van der Waals surface area contributed by atoms with Crippen molar-refractivity contribution in [1.82, 2.24) is 4.90 Å². The number of benzene rings is 1. The second-order valence-corrected chi connectivity index (χ2v) is 6.61. The van der Waals surface area contributed by atoms with Gasteiger partial charge in [-0.25, -0.2) is 0 Å². The van der Waals surface area contributed by atoms with Gasteiger partial charge < -0.3 is 10.2 Å². The van der Waals surface area contributed by atoms with Crippen LogP contribution in [0.3, 0.4) is 0 Å². The molecule has 124 valence electrons. The molecule has 2 amide bonds. The maximum atomic E-state index is 12.7. The van der Waals surface area contributed by atoms with E-state index in [1.165, 1.54) is 0 Å². The summed E-state index contributed by atoms with van der Waals surface area (Å²) in [4.78, 5) is 28.9. The Balaban J connectivity index is 1.77. The zero-order valence-corrected chi connectivity index (χ0v) is 13.9. The van der Waals surface area contributed by atoms with Crippen LogP contribution in [0.4, 0.5) is 11.4 Å². The number of piperidine rings is 1. The Morgan fingerprint density at radius 3 is 2.65 bits per heavy atom. The first-order chi connectivity index (χ1) is 11.1. The number of likely N-dealkylation sites (tertiary alicyclic amines) is 1. The summed E-state index contributed by atoms with van der Waals surface area (Å²) >= 11 is 0. The summed E-state index contributed by atoms with van der Waals surface area (Å²) in [6, 6.07) is 7.46. The lowest BCUT2D eigenvalue weighted by Crippen LogP contribution is -2.52. The first kappa shape index (κ1) is 15.8. The Morgan fingerprint density at radius 1 is 1.26 bits per heavy atom. The molecule has 2 heterocycles. The number of carbonyl (C=O) groups excluding carboxylic acids is 2. The number of amides is 2. The SMILES string of the molecule is CCC1Nc2ccccc2N(CC(=O)N2CCC(C)CC2)C1=O. The summed E-state index contributed by atoms with van der Waals surface area (Å²) in [5.41, 5.74) is 1.74. The standard InChI is InChI=1S/C18H25N3O2/c1-3-14-18(23)21(16-7-5-4-6-15(16)19-14)12-17(22)20-10-8-13(2)9-11-20/h4-7,13-14,19H,3,8-12H2,1-2H3. The predicted octanol–water partition coefficient (Wildman–Crippen LogP) is 2.48. The summed E-state index contributed by atoms with van der Waals surface area (Å²) in [7, 11) is 0. The van der Waals surface area contributed by atoms with Gasteiger partial charge in [0.15, 0.2) is 0 Å². The van der Waals surface area contributed by atoms with Gasteiger partial charge in [0.05, 0.1) is 11.4 Å². The quantitative estimate of drug-likeness (QED) is 0.932. The molecule has 0 aliphatic carbocycles. The highest BCUT2D eigenvalue weighted by molar-refractivity contribution is 6.07. The summed E-state index contributed by atoms with van der Waals surface area (Å²) in [5, 5.41) is 3.27. The Hall–Kier alpha value is -2.04. The topological polar surface area (TPSA) is 52.7 Å². The van der Waals surface area contributed by atoms with Crippen LogP contribution >= 0.6 is 0 Å². The second-order valence-electron chi connectivity index (χ2n) is 6.61. The molecule has 23 heavy (non-hydrogen) atoms. The maximum absolute atomic E-state index is 12.7. The molecule has 5 nitrogen and oxygen atoms in total. The van der Waals surface area contributed by atoms with Crippen molar-refractivity contribution in [3.63, 3.8) is 0 Å². The summed E-state index contributed by atoms with van der Waals surface area (Å²) in [5.74, 6) is 0.729. The molecule has 1 atom stereocenters. The minimum atomic E-state index is -0.251. The van der Waals surface area contributed by atoms with Crippen LogP contribution in [0.15, 0.2) is 24.3 Å². The fraction of sp³-hybridized carbons (Fsp3) is 0.556. The van der Waals surface area contributed by atoms with Crippen LogP contribution < -0.4 is 10.2 Å². The lowest BCUT2D eigenvalue weighted by atomic mass is 9.99. The fourth-order valence-corrected chi connectivity index (χ4v) is 3.32. The molecule has 0 spiro atoms. The number of rotatable bonds is 3. The van der Waals surface area contributed by atoms with Gasteiger partial charge in [-0.1, -0.05) is 26.0 Å². The normalized spacial score (nSPS) is 21.8. The molecule has 1 unspecified atom stereocenters. The highest BCUT2D eigenvalue weighted by Gasteiger charge is 2.33. The van der Waals surface area contributed by atoms with E-state index >= 15 is 0 Å². The molecule has 1 aromatic carbocycles. The van der Waals surface area contributed by atoms with Crippen LogP contribution in [-0.2, 0) is 9.59 Å². The molecular formula is C18H25N3O2. The number of nitrogens with zero attached hydrogens (tertiary/aromatic N) is 2. The smallest absolute Gasteiger partial charge is 0.250 e. The van der Waals surface area contributed by atoms with Crippen LogP contribution in [0.2, 0.25) is 0 Å². The van der Waals surface area contributed by atoms with E-state index in [9.17, 15) is 9.59 Å². The van der Waals surface area contributed by atoms with Crippen LogP contribution in [0.1, 0.15) is 33.1 Å². The van der Waals surface area contributed by atoms with Crippen molar-refractivity contribution in [3.8, 4) is 0 Å². The molecule has 1 N–H and O–H groups in total. The first-order valence-electron chi connectivity index (χ1n) is 8.55. The summed E-state index contributed by atoms with van der Waals surface area (Å²) in [6.07, 6.45) is 2.81. The maximum Gasteiger partial charge on any atom is 0.250 e. The molecule has 3 rings (SSSR count). The molecular weight excluding hydrogens is 290 g/mol. The van der Waals surface area contributed by atoms with Crippen LogP contribution in [0.5, 0.6) is 0 Å². The second kappa shape index (κ2) is 6.60. The Bertz CT molecular complexity index is 594. The average Bonchev–Trinajstić information content (AvgIpc) is 2.57. The van der Waals surface area contributed by atoms with E-state index < -0.39 is 0 Å². The van der Waals surface area contributed by atoms with Crippen molar-refractivity contribution >= 4 is 23.2 Å². The minimum absolute atomic E-state index is 0.00933. The molecule has 1 saturated heterocycles. The van der Waals surface area contributed by atoms with Gasteiger partial charge in [-0.2, -0.15) is 0 Å². The third-order valence-electron chi connectivity index (χ3n) is 4.93. The van der Waals surface area contributed by atoms with Crippen molar-refractivity contribution in [1.29, 1.82) is 0 Å². The Kier molecular flexibility index (Phi) is 4.55. The molecule has 0 bridgehead atoms. The highest BCUT2D eigenvalue weighted by Crippen LogP contribution is 2.32. The Labute approximate surface area is 137 Å². The van der Waals surface area contributed by atoms with Crippen molar-refractivity contribution in [2.75, 3.05) is 29.9 Å². The van der Waals surface area contributed by atoms with Gasteiger partial charge in [-0.3, -0.25) is 14.5 Å². The average molecular weight is 315 g/mol. The van der Waals surface area contributed by atoms with Crippen molar-refractivity contribution in [2.45, 2.75) is 39.2 Å². The zero-order valence-electron chi connectivity index (χ0n) is 13.9. The molecule has 5 heteroatoms. The largest absolute Gasteiger partial charge is 0.372 e. The highest BCUT2D eigenvalue weighted by atomic mass is 16.2. The lowest BCUT2D eigenvalue weighted by molar-refractivity contribution is -0.132. The zero-order chi connectivity index (χ0) is 16.4. The van der Waals surface area contributed by atoms with Crippen LogP contribution in [0.25, 0.3) is 0 Å². The molecule has 2 aliphatic rings. The number of carbonyl (C=O) groups is 2. The summed E-state index contributed by atoms with van der Waals surface area (Å²) in [6.45, 7) is 5.96. The molecule has 1 aromatic rings. The van der Waals surface area contributed by atoms with Gasteiger partial charge in [0.1, 0.15) is 12.6 Å².